The van der Waals surface area contributed by atoms with Crippen LogP contribution in [0.3, 0.4) is 0 Å². The first-order valence-corrected chi connectivity index (χ1v) is 19.6. The van der Waals surface area contributed by atoms with Gasteiger partial charge in [-0.25, -0.2) is 15.0 Å². The first kappa shape index (κ1) is 32.2. The number of hydrogen-bond donors (Lipinski definition) is 0. The Morgan fingerprint density at radius 1 is 0.393 bits per heavy atom. The molecular formula is C51H32N4S. The fourth-order valence-electron chi connectivity index (χ4n) is 7.99. The molecule has 11 rings (SSSR count). The van der Waals surface area contributed by atoms with Crippen LogP contribution in [0.5, 0.6) is 0 Å². The predicted octanol–water partition coefficient (Wildman–Crippen LogP) is 13.7. The maximum absolute atomic E-state index is 5.47. The third kappa shape index (κ3) is 5.40. The van der Waals surface area contributed by atoms with Gasteiger partial charge < -0.3 is 4.57 Å². The molecule has 56 heavy (non-hydrogen) atoms. The highest BCUT2D eigenvalue weighted by Gasteiger charge is 2.23. The fourth-order valence-corrected chi connectivity index (χ4v) is 9.07. The van der Waals surface area contributed by atoms with Crippen molar-refractivity contribution < 1.29 is 0 Å². The summed E-state index contributed by atoms with van der Waals surface area (Å²) >= 11 is 1.76. The van der Waals surface area contributed by atoms with Gasteiger partial charge in [0.25, 0.3) is 0 Å². The first-order valence-electron chi connectivity index (χ1n) is 18.8. The molecule has 5 heteroatoms. The maximum Gasteiger partial charge on any atom is 0.160 e. The molecule has 0 aliphatic carbocycles. The minimum atomic E-state index is 0.713. The van der Waals surface area contributed by atoms with Crippen molar-refractivity contribution in [3.8, 4) is 62.0 Å². The largest absolute Gasteiger partial charge is 0.308 e. The predicted molar refractivity (Wildman–Crippen MR) is 234 cm³/mol. The molecule has 0 fully saturated rings. The lowest BCUT2D eigenvalue weighted by Gasteiger charge is -2.11. The second-order valence-electron chi connectivity index (χ2n) is 14.0. The van der Waals surface area contributed by atoms with E-state index in [1.54, 1.807) is 11.3 Å². The molecule has 7 aromatic carbocycles. The van der Waals surface area contributed by atoms with Crippen LogP contribution in [0, 0.1) is 0 Å². The fraction of sp³-hybridized carbons (Fsp3) is 0. The average molecular weight is 733 g/mol. The second kappa shape index (κ2) is 13.3. The zero-order valence-electron chi connectivity index (χ0n) is 30.2. The monoisotopic (exact) mass is 732 g/mol. The van der Waals surface area contributed by atoms with Crippen molar-refractivity contribution in [2.24, 2.45) is 0 Å². The SMILES string of the molecule is c1ccc(-c2cc(-c3ccc(-c4ccc(-c5nc6sc7ccccc7c6c6c5c5ccccc5n6-c5ccccc5)cc4)cc3)nc(-c3ccccc3)n2)cc1. The van der Waals surface area contributed by atoms with Gasteiger partial charge >= 0.3 is 0 Å². The molecule has 0 spiro atoms. The normalized spacial score (nSPS) is 11.6. The van der Waals surface area contributed by atoms with Crippen molar-refractivity contribution in [1.82, 2.24) is 19.5 Å². The number of rotatable bonds is 6. The van der Waals surface area contributed by atoms with Gasteiger partial charge in [-0.1, -0.05) is 164 Å². The Balaban J connectivity index is 1.02. The van der Waals surface area contributed by atoms with Crippen LogP contribution in [-0.4, -0.2) is 19.5 Å². The Kier molecular flexibility index (Phi) is 7.64. The molecule has 0 aliphatic rings. The maximum atomic E-state index is 5.47. The average Bonchev–Trinajstić information content (AvgIpc) is 3.83. The first-order chi connectivity index (χ1) is 27.8. The van der Waals surface area contributed by atoms with E-state index in [1.165, 1.54) is 37.3 Å². The molecule has 0 bridgehead atoms. The van der Waals surface area contributed by atoms with Crippen molar-refractivity contribution in [1.29, 1.82) is 0 Å². The molecule has 4 heterocycles. The lowest BCUT2D eigenvalue weighted by molar-refractivity contribution is 1.18. The van der Waals surface area contributed by atoms with Gasteiger partial charge in [-0.3, -0.25) is 0 Å². The lowest BCUT2D eigenvalue weighted by atomic mass is 9.98. The number of benzene rings is 7. The molecule has 0 saturated carbocycles. The number of aromatic nitrogens is 4. The van der Waals surface area contributed by atoms with E-state index >= 15 is 0 Å². The second-order valence-corrected chi connectivity index (χ2v) is 15.0. The Hall–Kier alpha value is -7.21. The van der Waals surface area contributed by atoms with E-state index in [1.807, 2.05) is 36.4 Å². The van der Waals surface area contributed by atoms with Crippen molar-refractivity contribution >= 4 is 53.4 Å². The van der Waals surface area contributed by atoms with Gasteiger partial charge in [0.2, 0.25) is 0 Å². The third-order valence-corrected chi connectivity index (χ3v) is 11.7. The molecule has 262 valence electrons. The van der Waals surface area contributed by atoms with Crippen LogP contribution in [0.2, 0.25) is 0 Å². The highest BCUT2D eigenvalue weighted by Crippen LogP contribution is 2.46. The van der Waals surface area contributed by atoms with Crippen LogP contribution in [0.15, 0.2) is 194 Å². The van der Waals surface area contributed by atoms with E-state index in [4.69, 9.17) is 15.0 Å². The third-order valence-electron chi connectivity index (χ3n) is 10.7. The Morgan fingerprint density at radius 3 is 1.59 bits per heavy atom. The van der Waals surface area contributed by atoms with Crippen molar-refractivity contribution in [3.63, 3.8) is 0 Å². The summed E-state index contributed by atoms with van der Waals surface area (Å²) in [4.78, 5) is 16.5. The highest BCUT2D eigenvalue weighted by atomic mass is 32.1. The Morgan fingerprint density at radius 2 is 0.911 bits per heavy atom. The van der Waals surface area contributed by atoms with Crippen LogP contribution in [0.1, 0.15) is 0 Å². The summed E-state index contributed by atoms with van der Waals surface area (Å²) in [6.07, 6.45) is 0. The molecule has 0 saturated heterocycles. The minimum Gasteiger partial charge on any atom is -0.308 e. The van der Waals surface area contributed by atoms with E-state index < -0.39 is 0 Å². The van der Waals surface area contributed by atoms with Crippen LogP contribution < -0.4 is 0 Å². The van der Waals surface area contributed by atoms with Crippen LogP contribution in [-0.2, 0) is 0 Å². The summed E-state index contributed by atoms with van der Waals surface area (Å²) in [5.41, 5.74) is 12.8. The van der Waals surface area contributed by atoms with E-state index in [0.717, 1.165) is 61.0 Å². The van der Waals surface area contributed by atoms with Crippen molar-refractivity contribution in [2.45, 2.75) is 0 Å². The molecule has 0 amide bonds. The van der Waals surface area contributed by atoms with Gasteiger partial charge in [0.05, 0.1) is 28.1 Å². The quantitative estimate of drug-likeness (QED) is 0.171. The Bertz CT molecular complexity index is 3150. The van der Waals surface area contributed by atoms with Crippen molar-refractivity contribution in [3.05, 3.63) is 194 Å². The zero-order valence-corrected chi connectivity index (χ0v) is 31.0. The summed E-state index contributed by atoms with van der Waals surface area (Å²) in [5.74, 6) is 0.713. The highest BCUT2D eigenvalue weighted by molar-refractivity contribution is 7.25. The zero-order chi connectivity index (χ0) is 37.0. The van der Waals surface area contributed by atoms with Gasteiger partial charge in [-0.05, 0) is 41.5 Å². The van der Waals surface area contributed by atoms with E-state index in [9.17, 15) is 0 Å². The summed E-state index contributed by atoms with van der Waals surface area (Å²) < 4.78 is 3.67. The minimum absolute atomic E-state index is 0.713. The Labute approximate surface area is 327 Å². The smallest absolute Gasteiger partial charge is 0.160 e. The molecule has 0 radical (unpaired) electrons. The van der Waals surface area contributed by atoms with Crippen LogP contribution in [0.4, 0.5) is 0 Å². The number of thiophene rings is 1. The van der Waals surface area contributed by atoms with E-state index in [-0.39, 0.29) is 0 Å². The number of para-hydroxylation sites is 2. The van der Waals surface area contributed by atoms with Gasteiger partial charge in [0.15, 0.2) is 5.82 Å². The molecule has 4 aromatic heterocycles. The summed E-state index contributed by atoms with van der Waals surface area (Å²) in [6.45, 7) is 0. The number of pyridine rings is 1. The molecule has 0 unspecified atom stereocenters. The summed E-state index contributed by atoms with van der Waals surface area (Å²) in [7, 11) is 0. The molecule has 0 N–H and O–H groups in total. The standard InChI is InChI=1S/C51H32N4S/c1-4-14-35(15-5-1)42-32-43(53-50(52-42)38-16-6-2-7-17-38)36-28-24-33(25-29-36)34-26-30-37(31-27-34)48-46-40-20-10-12-22-44(40)55(39-18-8-3-9-19-39)49(46)47-41-21-11-13-23-45(41)56-51(47)54-48/h1-32H. The number of nitrogens with zero attached hydrogens (tertiary/aromatic N) is 4. The van der Waals surface area contributed by atoms with Gasteiger partial charge in [0.1, 0.15) is 4.83 Å². The van der Waals surface area contributed by atoms with Gasteiger partial charge in [-0.15, -0.1) is 11.3 Å². The van der Waals surface area contributed by atoms with Crippen molar-refractivity contribution in [2.75, 3.05) is 0 Å². The molecule has 4 nitrogen and oxygen atoms in total. The molecule has 0 atom stereocenters. The molecular weight excluding hydrogens is 701 g/mol. The van der Waals surface area contributed by atoms with E-state index in [2.05, 4.69) is 162 Å². The van der Waals surface area contributed by atoms with Crippen LogP contribution >= 0.6 is 11.3 Å². The topological polar surface area (TPSA) is 43.6 Å². The summed E-state index contributed by atoms with van der Waals surface area (Å²) in [6, 6.07) is 68.3. The molecule has 0 aliphatic heterocycles. The van der Waals surface area contributed by atoms with E-state index in [0.29, 0.717) is 5.82 Å². The van der Waals surface area contributed by atoms with Gasteiger partial charge in [-0.2, -0.15) is 0 Å². The molecule has 11 aromatic rings. The van der Waals surface area contributed by atoms with Crippen LogP contribution in [0.25, 0.3) is 104 Å². The summed E-state index contributed by atoms with van der Waals surface area (Å²) in [5, 5.41) is 4.81. The number of fused-ring (bicyclic) bond motifs is 7. The number of hydrogen-bond acceptors (Lipinski definition) is 4. The lowest BCUT2D eigenvalue weighted by Crippen LogP contribution is -1.95. The van der Waals surface area contributed by atoms with Gasteiger partial charge in [0, 0.05) is 54.2 Å².